The third kappa shape index (κ3) is 3.66. The molecule has 3 aliphatic rings. The van der Waals surface area contributed by atoms with Crippen LogP contribution in [0.1, 0.15) is 77.6 Å². The first-order valence-electron chi connectivity index (χ1n) is 11.8. The molecule has 2 fully saturated rings. The van der Waals surface area contributed by atoms with E-state index in [2.05, 4.69) is 6.07 Å². The zero-order chi connectivity index (χ0) is 23.0. The minimum absolute atomic E-state index is 0.189. The normalized spacial score (nSPS) is 25.1. The maximum atomic E-state index is 12.9. The smallest absolute Gasteiger partial charge is 0.261 e. The molecular formula is C27H28N2O4. The monoisotopic (exact) mass is 444 g/mol. The van der Waals surface area contributed by atoms with Gasteiger partial charge in [-0.05, 0) is 81.2 Å². The summed E-state index contributed by atoms with van der Waals surface area (Å²) < 4.78 is 11.8. The average Bonchev–Trinajstić information content (AvgIpc) is 3.46. The maximum absolute atomic E-state index is 12.9. The number of hydrogen-bond donors (Lipinski definition) is 0. The second kappa shape index (κ2) is 8.55. The molecule has 0 saturated heterocycles. The second-order valence-corrected chi connectivity index (χ2v) is 9.34. The van der Waals surface area contributed by atoms with E-state index >= 15 is 0 Å². The molecule has 2 saturated carbocycles. The molecule has 0 aromatic heterocycles. The molecule has 1 heterocycles. The van der Waals surface area contributed by atoms with Gasteiger partial charge in [0.15, 0.2) is 11.5 Å². The zero-order valence-corrected chi connectivity index (χ0v) is 18.9. The van der Waals surface area contributed by atoms with Crippen LogP contribution >= 0.6 is 0 Å². The number of ether oxygens (including phenoxy) is 2. The molecule has 0 atom stereocenters. The molecule has 0 radical (unpaired) electrons. The second-order valence-electron chi connectivity index (χ2n) is 9.34. The van der Waals surface area contributed by atoms with Gasteiger partial charge in [-0.25, -0.2) is 0 Å². The Kier molecular flexibility index (Phi) is 5.57. The summed E-state index contributed by atoms with van der Waals surface area (Å²) in [6, 6.07) is 15.1. The molecule has 0 spiro atoms. The van der Waals surface area contributed by atoms with Gasteiger partial charge in [-0.1, -0.05) is 18.2 Å². The highest BCUT2D eigenvalue weighted by molar-refractivity contribution is 6.21. The van der Waals surface area contributed by atoms with Crippen molar-refractivity contribution in [2.24, 2.45) is 0 Å². The quantitative estimate of drug-likeness (QED) is 0.605. The number of hydrogen-bond acceptors (Lipinski definition) is 5. The van der Waals surface area contributed by atoms with Gasteiger partial charge in [-0.3, -0.25) is 14.5 Å². The molecule has 2 amide bonds. The SMILES string of the molecule is COc1ccc([C@]2(C#N)CC[C@@H](N3C(=O)c4ccccc4C3=O)CC2)cc1OC1CCCC1. The molecule has 170 valence electrons. The fourth-order valence-corrected chi connectivity index (χ4v) is 5.61. The van der Waals surface area contributed by atoms with Crippen LogP contribution < -0.4 is 9.47 Å². The Morgan fingerprint density at radius 2 is 1.58 bits per heavy atom. The Morgan fingerprint density at radius 3 is 2.15 bits per heavy atom. The van der Waals surface area contributed by atoms with E-state index < -0.39 is 5.41 Å². The molecule has 0 unspecified atom stereocenters. The first kappa shape index (κ1) is 21.5. The van der Waals surface area contributed by atoms with Gasteiger partial charge >= 0.3 is 0 Å². The number of rotatable bonds is 5. The summed E-state index contributed by atoms with van der Waals surface area (Å²) in [5.41, 5.74) is 1.20. The van der Waals surface area contributed by atoms with Crippen molar-refractivity contribution in [3.05, 3.63) is 59.2 Å². The fraction of sp³-hybridized carbons (Fsp3) is 0.444. The standard InChI is InChI=1S/C27H28N2O4/c1-32-23-11-10-18(16-24(23)33-20-6-2-3-7-20)27(17-28)14-12-19(13-15-27)29-25(30)21-8-4-5-9-22(21)26(29)31/h4-5,8-11,16,19-20H,2-3,6-7,12-15H2,1H3/t19-,27-. The topological polar surface area (TPSA) is 79.6 Å². The number of nitrogens with zero attached hydrogens (tertiary/aromatic N) is 2. The van der Waals surface area contributed by atoms with Crippen LogP contribution in [0.4, 0.5) is 0 Å². The number of imide groups is 1. The first-order chi connectivity index (χ1) is 16.1. The third-order valence-electron chi connectivity index (χ3n) is 7.53. The molecule has 0 N–H and O–H groups in total. The number of amides is 2. The summed E-state index contributed by atoms with van der Waals surface area (Å²) in [5, 5.41) is 10.2. The van der Waals surface area contributed by atoms with E-state index in [1.54, 1.807) is 31.4 Å². The predicted octanol–water partition coefficient (Wildman–Crippen LogP) is 5.02. The van der Waals surface area contributed by atoms with Crippen LogP contribution in [0.5, 0.6) is 11.5 Å². The maximum Gasteiger partial charge on any atom is 0.261 e. The van der Waals surface area contributed by atoms with Crippen molar-refractivity contribution in [1.82, 2.24) is 4.90 Å². The average molecular weight is 445 g/mol. The molecule has 2 aromatic carbocycles. The van der Waals surface area contributed by atoms with Gasteiger partial charge in [0.1, 0.15) is 0 Å². The van der Waals surface area contributed by atoms with Crippen molar-refractivity contribution in [3.63, 3.8) is 0 Å². The highest BCUT2D eigenvalue weighted by Crippen LogP contribution is 2.44. The van der Waals surface area contributed by atoms with Gasteiger partial charge in [0.25, 0.3) is 11.8 Å². The predicted molar refractivity (Wildman–Crippen MR) is 122 cm³/mol. The molecule has 1 aliphatic heterocycles. The largest absolute Gasteiger partial charge is 0.493 e. The lowest BCUT2D eigenvalue weighted by atomic mass is 9.69. The van der Waals surface area contributed by atoms with Gasteiger partial charge in [-0.2, -0.15) is 5.26 Å². The summed E-state index contributed by atoms with van der Waals surface area (Å²) in [4.78, 5) is 27.2. The van der Waals surface area contributed by atoms with Crippen LogP contribution in [-0.2, 0) is 5.41 Å². The number of fused-ring (bicyclic) bond motifs is 1. The lowest BCUT2D eigenvalue weighted by Gasteiger charge is -2.38. The molecule has 2 aromatic rings. The van der Waals surface area contributed by atoms with Crippen molar-refractivity contribution in [3.8, 4) is 17.6 Å². The summed E-state index contributed by atoms with van der Waals surface area (Å²) >= 11 is 0. The van der Waals surface area contributed by atoms with Crippen molar-refractivity contribution in [2.45, 2.75) is 68.9 Å². The van der Waals surface area contributed by atoms with Crippen molar-refractivity contribution < 1.29 is 19.1 Å². The van der Waals surface area contributed by atoms with Crippen molar-refractivity contribution in [2.75, 3.05) is 7.11 Å². The molecule has 5 rings (SSSR count). The molecule has 6 heteroatoms. The van der Waals surface area contributed by atoms with E-state index in [0.717, 1.165) is 18.4 Å². The summed E-state index contributed by atoms with van der Waals surface area (Å²) in [6.07, 6.45) is 6.98. The van der Waals surface area contributed by atoms with E-state index in [1.165, 1.54) is 17.7 Å². The van der Waals surface area contributed by atoms with E-state index in [0.29, 0.717) is 48.3 Å². The lowest BCUT2D eigenvalue weighted by Crippen LogP contribution is -2.44. The van der Waals surface area contributed by atoms with Crippen LogP contribution in [0.3, 0.4) is 0 Å². The van der Waals surface area contributed by atoms with Gasteiger partial charge < -0.3 is 9.47 Å². The summed E-state index contributed by atoms with van der Waals surface area (Å²) in [7, 11) is 1.63. The zero-order valence-electron chi connectivity index (χ0n) is 18.9. The van der Waals surface area contributed by atoms with Crippen LogP contribution in [0.15, 0.2) is 42.5 Å². The fourth-order valence-electron chi connectivity index (χ4n) is 5.61. The molecule has 6 nitrogen and oxygen atoms in total. The van der Waals surface area contributed by atoms with Crippen molar-refractivity contribution >= 4 is 11.8 Å². The highest BCUT2D eigenvalue weighted by atomic mass is 16.5. The van der Waals surface area contributed by atoms with Crippen LogP contribution in [0.25, 0.3) is 0 Å². The Bertz CT molecular complexity index is 1090. The summed E-state index contributed by atoms with van der Waals surface area (Å²) in [6.45, 7) is 0. The number of nitriles is 1. The Hall–Kier alpha value is -3.33. The van der Waals surface area contributed by atoms with E-state index in [1.807, 2.05) is 18.2 Å². The third-order valence-corrected chi connectivity index (χ3v) is 7.53. The highest BCUT2D eigenvalue weighted by Gasteiger charge is 2.45. The van der Waals surface area contributed by atoms with Gasteiger partial charge in [0.05, 0.1) is 35.8 Å². The number of carbonyl (C=O) groups is 2. The van der Waals surface area contributed by atoms with Gasteiger partial charge in [-0.15, -0.1) is 0 Å². The van der Waals surface area contributed by atoms with E-state index in [9.17, 15) is 14.9 Å². The van der Waals surface area contributed by atoms with E-state index in [4.69, 9.17) is 9.47 Å². The molecule has 2 aliphatic carbocycles. The van der Waals surface area contributed by atoms with Gasteiger partial charge in [0.2, 0.25) is 0 Å². The minimum Gasteiger partial charge on any atom is -0.493 e. The van der Waals surface area contributed by atoms with Crippen LogP contribution in [-0.4, -0.2) is 36.0 Å². The number of carbonyl (C=O) groups excluding carboxylic acids is 2. The van der Waals surface area contributed by atoms with Gasteiger partial charge in [0, 0.05) is 6.04 Å². The Balaban J connectivity index is 1.36. The Morgan fingerprint density at radius 1 is 0.939 bits per heavy atom. The first-order valence-corrected chi connectivity index (χ1v) is 11.8. The summed E-state index contributed by atoms with van der Waals surface area (Å²) in [5.74, 6) is 0.931. The lowest BCUT2D eigenvalue weighted by molar-refractivity contribution is 0.0530. The number of benzene rings is 2. The molecule has 33 heavy (non-hydrogen) atoms. The van der Waals surface area contributed by atoms with Crippen LogP contribution in [0, 0.1) is 11.3 Å². The molecule has 0 bridgehead atoms. The van der Waals surface area contributed by atoms with Crippen LogP contribution in [0.2, 0.25) is 0 Å². The number of methoxy groups -OCH3 is 1. The van der Waals surface area contributed by atoms with E-state index in [-0.39, 0.29) is 24.0 Å². The minimum atomic E-state index is -0.671. The van der Waals surface area contributed by atoms with Crippen molar-refractivity contribution in [1.29, 1.82) is 5.26 Å². The molecular weight excluding hydrogens is 416 g/mol. The Labute approximate surface area is 194 Å².